The van der Waals surface area contributed by atoms with E-state index in [9.17, 15) is 9.59 Å². The van der Waals surface area contributed by atoms with Gasteiger partial charge in [-0.3, -0.25) is 4.79 Å². The van der Waals surface area contributed by atoms with Crippen molar-refractivity contribution >= 4 is 12.0 Å². The molecule has 1 heterocycles. The fourth-order valence-electron chi connectivity index (χ4n) is 2.77. The van der Waals surface area contributed by atoms with Gasteiger partial charge in [-0.15, -0.1) is 0 Å². The molecule has 0 bridgehead atoms. The second-order valence-corrected chi connectivity index (χ2v) is 5.53. The van der Waals surface area contributed by atoms with Crippen molar-refractivity contribution in [3.8, 4) is 0 Å². The Bertz CT molecular complexity index is 357. The predicted octanol–water partition coefficient (Wildman–Crippen LogP) is 0.748. The van der Waals surface area contributed by atoms with Crippen molar-refractivity contribution in [2.45, 2.75) is 44.7 Å². The van der Waals surface area contributed by atoms with Crippen molar-refractivity contribution in [1.82, 2.24) is 9.80 Å². The molecule has 0 aromatic rings. The summed E-state index contributed by atoms with van der Waals surface area (Å²) in [4.78, 5) is 26.9. The lowest BCUT2D eigenvalue weighted by Gasteiger charge is -2.39. The molecule has 2 fully saturated rings. The number of carboxylic acids is 1. The van der Waals surface area contributed by atoms with Crippen LogP contribution < -0.4 is 0 Å². The zero-order valence-electron chi connectivity index (χ0n) is 11.3. The Balaban J connectivity index is 1.97. The maximum absolute atomic E-state index is 12.4. The highest BCUT2D eigenvalue weighted by Crippen LogP contribution is 2.30. The minimum absolute atomic E-state index is 0.0256. The molecule has 0 aromatic carbocycles. The van der Waals surface area contributed by atoms with Crippen molar-refractivity contribution < 1.29 is 19.8 Å². The zero-order valence-corrected chi connectivity index (χ0v) is 11.3. The first-order valence-electron chi connectivity index (χ1n) is 6.95. The van der Waals surface area contributed by atoms with Crippen LogP contribution in [0.15, 0.2) is 0 Å². The minimum atomic E-state index is -0.770. The van der Waals surface area contributed by atoms with Crippen LogP contribution in [0.25, 0.3) is 0 Å². The van der Waals surface area contributed by atoms with E-state index in [4.69, 9.17) is 10.2 Å². The molecule has 1 aliphatic carbocycles. The van der Waals surface area contributed by atoms with Crippen LogP contribution in [0.5, 0.6) is 0 Å². The number of carboxylic acid groups (broad SMARTS) is 1. The van der Waals surface area contributed by atoms with Crippen LogP contribution in [0.1, 0.15) is 32.6 Å². The van der Waals surface area contributed by atoms with Crippen LogP contribution in [0.3, 0.4) is 0 Å². The molecule has 2 rings (SSSR count). The lowest BCUT2D eigenvalue weighted by molar-refractivity contribution is -0.143. The molecule has 108 valence electrons. The summed E-state index contributed by atoms with van der Waals surface area (Å²) in [5.74, 6) is -1.11. The molecule has 0 spiro atoms. The molecule has 0 aromatic heterocycles. The molecule has 1 saturated carbocycles. The highest BCUT2D eigenvalue weighted by Gasteiger charge is 2.38. The van der Waals surface area contributed by atoms with Gasteiger partial charge in [0.2, 0.25) is 0 Å². The number of rotatable bonds is 4. The SMILES string of the molecule is CC1CC(C(=O)O)CCN1C(=O)N(CCO)C1CC1. The predicted molar refractivity (Wildman–Crippen MR) is 68.7 cm³/mol. The molecule has 2 atom stereocenters. The molecule has 19 heavy (non-hydrogen) atoms. The molecule has 1 aliphatic heterocycles. The lowest BCUT2D eigenvalue weighted by atomic mass is 9.92. The fraction of sp³-hybridized carbons (Fsp3) is 0.846. The van der Waals surface area contributed by atoms with Crippen molar-refractivity contribution in [3.05, 3.63) is 0 Å². The number of hydrogen-bond donors (Lipinski definition) is 2. The average Bonchev–Trinajstić information content (AvgIpc) is 3.19. The first-order chi connectivity index (χ1) is 9.04. The number of aliphatic hydroxyl groups is 1. The molecule has 0 radical (unpaired) electrons. The summed E-state index contributed by atoms with van der Waals surface area (Å²) in [6, 6.07) is 0.166. The molecule has 2 aliphatic rings. The molecule has 1 saturated heterocycles. The third-order valence-corrected chi connectivity index (χ3v) is 4.05. The van der Waals surface area contributed by atoms with Crippen LogP contribution in [0.4, 0.5) is 4.79 Å². The Morgan fingerprint density at radius 2 is 2.00 bits per heavy atom. The number of urea groups is 1. The van der Waals surface area contributed by atoms with Crippen LogP contribution in [0, 0.1) is 5.92 Å². The first kappa shape index (κ1) is 14.1. The van der Waals surface area contributed by atoms with E-state index in [0.717, 1.165) is 12.8 Å². The summed E-state index contributed by atoms with van der Waals surface area (Å²) in [5.41, 5.74) is 0. The average molecular weight is 270 g/mol. The Kier molecular flexibility index (Phi) is 4.29. The van der Waals surface area contributed by atoms with Gasteiger partial charge in [-0.25, -0.2) is 4.79 Å². The Hall–Kier alpha value is -1.30. The smallest absolute Gasteiger partial charge is 0.320 e. The van der Waals surface area contributed by atoms with Gasteiger partial charge in [0.15, 0.2) is 0 Å². The number of likely N-dealkylation sites (tertiary alicyclic amines) is 1. The minimum Gasteiger partial charge on any atom is -0.481 e. The van der Waals surface area contributed by atoms with E-state index in [0.29, 0.717) is 25.9 Å². The van der Waals surface area contributed by atoms with Gasteiger partial charge >= 0.3 is 12.0 Å². The summed E-state index contributed by atoms with van der Waals surface area (Å²) in [5, 5.41) is 18.1. The molecule has 6 nitrogen and oxygen atoms in total. The van der Waals surface area contributed by atoms with Gasteiger partial charge < -0.3 is 20.0 Å². The highest BCUT2D eigenvalue weighted by atomic mass is 16.4. The second-order valence-electron chi connectivity index (χ2n) is 5.53. The number of carbonyl (C=O) groups excluding carboxylic acids is 1. The third-order valence-electron chi connectivity index (χ3n) is 4.05. The van der Waals surface area contributed by atoms with Crippen molar-refractivity contribution in [1.29, 1.82) is 0 Å². The lowest BCUT2D eigenvalue weighted by Crippen LogP contribution is -2.52. The van der Waals surface area contributed by atoms with Crippen molar-refractivity contribution in [2.75, 3.05) is 19.7 Å². The Labute approximate surface area is 113 Å². The van der Waals surface area contributed by atoms with E-state index in [1.807, 2.05) is 6.92 Å². The van der Waals surface area contributed by atoms with Crippen molar-refractivity contribution in [2.24, 2.45) is 5.92 Å². The molecule has 2 amide bonds. The van der Waals surface area contributed by atoms with Crippen LogP contribution in [-0.4, -0.2) is 63.8 Å². The molecule has 6 heteroatoms. The number of hydrogen-bond acceptors (Lipinski definition) is 3. The van der Waals surface area contributed by atoms with Gasteiger partial charge in [0.1, 0.15) is 0 Å². The third kappa shape index (κ3) is 3.18. The Morgan fingerprint density at radius 1 is 1.32 bits per heavy atom. The van der Waals surface area contributed by atoms with Gasteiger partial charge in [0.25, 0.3) is 0 Å². The van der Waals surface area contributed by atoms with Gasteiger partial charge in [-0.05, 0) is 32.6 Å². The fourth-order valence-corrected chi connectivity index (χ4v) is 2.77. The van der Waals surface area contributed by atoms with Gasteiger partial charge in [-0.2, -0.15) is 0 Å². The van der Waals surface area contributed by atoms with E-state index in [1.165, 1.54) is 0 Å². The largest absolute Gasteiger partial charge is 0.481 e. The Morgan fingerprint density at radius 3 is 2.47 bits per heavy atom. The summed E-state index contributed by atoms with van der Waals surface area (Å²) in [6.07, 6.45) is 3.04. The normalized spacial score (nSPS) is 27.2. The first-order valence-corrected chi connectivity index (χ1v) is 6.95. The van der Waals surface area contributed by atoms with Crippen LogP contribution >= 0.6 is 0 Å². The summed E-state index contributed by atoms with van der Waals surface area (Å²) in [6.45, 7) is 2.74. The quantitative estimate of drug-likeness (QED) is 0.790. The van der Waals surface area contributed by atoms with Gasteiger partial charge in [0.05, 0.1) is 12.5 Å². The number of nitrogens with zero attached hydrogens (tertiary/aromatic N) is 2. The van der Waals surface area contributed by atoms with E-state index >= 15 is 0 Å². The highest BCUT2D eigenvalue weighted by molar-refractivity contribution is 5.76. The topological polar surface area (TPSA) is 81.1 Å². The number of aliphatic carboxylic acids is 1. The number of aliphatic hydroxyl groups excluding tert-OH is 1. The maximum atomic E-state index is 12.4. The summed E-state index contributed by atoms with van der Waals surface area (Å²) < 4.78 is 0. The molecular formula is C13H22N2O4. The van der Waals surface area contributed by atoms with Gasteiger partial charge in [0, 0.05) is 25.2 Å². The maximum Gasteiger partial charge on any atom is 0.320 e. The summed E-state index contributed by atoms with van der Waals surface area (Å²) >= 11 is 0. The van der Waals surface area contributed by atoms with Crippen molar-refractivity contribution in [3.63, 3.8) is 0 Å². The number of piperidine rings is 1. The summed E-state index contributed by atoms with van der Waals surface area (Å²) in [7, 11) is 0. The number of carbonyl (C=O) groups is 2. The standard InChI is InChI=1S/C13H22N2O4/c1-9-8-10(12(17)18)4-5-14(9)13(19)15(6-7-16)11-2-3-11/h9-11,16H,2-8H2,1H3,(H,17,18). The second kappa shape index (κ2) is 5.77. The van der Waals surface area contributed by atoms with Crippen LogP contribution in [0.2, 0.25) is 0 Å². The van der Waals surface area contributed by atoms with E-state index in [2.05, 4.69) is 0 Å². The molecule has 2 N–H and O–H groups in total. The van der Waals surface area contributed by atoms with Gasteiger partial charge in [-0.1, -0.05) is 0 Å². The monoisotopic (exact) mass is 270 g/mol. The molecule has 2 unspecified atom stereocenters. The van der Waals surface area contributed by atoms with E-state index in [1.54, 1.807) is 9.80 Å². The molecular weight excluding hydrogens is 248 g/mol. The number of amides is 2. The van der Waals surface area contributed by atoms with E-state index in [-0.39, 0.29) is 30.6 Å². The zero-order chi connectivity index (χ0) is 14.0. The van der Waals surface area contributed by atoms with Crippen LogP contribution in [-0.2, 0) is 4.79 Å². The van der Waals surface area contributed by atoms with E-state index < -0.39 is 5.97 Å².